The van der Waals surface area contributed by atoms with Gasteiger partial charge in [-0.2, -0.15) is 0 Å². The third-order valence-electron chi connectivity index (χ3n) is 6.47. The zero-order chi connectivity index (χ0) is 14.8. The average Bonchev–Trinajstić information content (AvgIpc) is 2.76. The summed E-state index contributed by atoms with van der Waals surface area (Å²) in [4.78, 5) is 11.6. The van der Waals surface area contributed by atoms with E-state index in [1.165, 1.54) is 6.08 Å². The Morgan fingerprint density at radius 2 is 2.10 bits per heavy atom. The van der Waals surface area contributed by atoms with Crippen LogP contribution < -0.4 is 0 Å². The van der Waals surface area contributed by atoms with Crippen LogP contribution in [-0.2, 0) is 4.79 Å². The zero-order valence-corrected chi connectivity index (χ0v) is 12.4. The molecular weight excluding hydrogens is 264 g/mol. The van der Waals surface area contributed by atoms with Crippen molar-refractivity contribution < 1.29 is 15.0 Å². The molecule has 0 aromatic carbocycles. The fourth-order valence-corrected chi connectivity index (χ4v) is 5.18. The van der Waals surface area contributed by atoms with E-state index in [2.05, 4.69) is 13.0 Å². The molecule has 4 rings (SSSR count). The van der Waals surface area contributed by atoms with Crippen LogP contribution in [0.3, 0.4) is 0 Å². The Hall–Kier alpha value is -1.19. The maximum Gasteiger partial charge on any atom is 0.178 e. The highest BCUT2D eigenvalue weighted by atomic mass is 16.3. The van der Waals surface area contributed by atoms with Crippen molar-refractivity contribution in [2.75, 3.05) is 0 Å². The molecular formula is C18H22O3. The van der Waals surface area contributed by atoms with Gasteiger partial charge in [-0.15, -0.1) is 0 Å². The van der Waals surface area contributed by atoms with Gasteiger partial charge < -0.3 is 10.2 Å². The van der Waals surface area contributed by atoms with Crippen molar-refractivity contribution in [1.82, 2.24) is 0 Å². The Morgan fingerprint density at radius 1 is 1.29 bits per heavy atom. The van der Waals surface area contributed by atoms with Crippen molar-refractivity contribution in [2.24, 2.45) is 17.3 Å². The lowest BCUT2D eigenvalue weighted by Gasteiger charge is -2.50. The first kappa shape index (κ1) is 13.5. The van der Waals surface area contributed by atoms with Gasteiger partial charge in [0.25, 0.3) is 0 Å². The van der Waals surface area contributed by atoms with E-state index in [1.807, 2.05) is 0 Å². The normalized spacial score (nSPS) is 48.1. The summed E-state index contributed by atoms with van der Waals surface area (Å²) in [5.74, 6) is 0.760. The van der Waals surface area contributed by atoms with Gasteiger partial charge in [0.1, 0.15) is 5.60 Å². The van der Waals surface area contributed by atoms with Crippen LogP contribution in [0.1, 0.15) is 39.0 Å². The smallest absolute Gasteiger partial charge is 0.178 e. The molecule has 4 aliphatic rings. The van der Waals surface area contributed by atoms with E-state index in [9.17, 15) is 15.0 Å². The highest BCUT2D eigenvalue weighted by molar-refractivity contribution is 6.01. The monoisotopic (exact) mass is 286 g/mol. The molecule has 3 nitrogen and oxygen atoms in total. The van der Waals surface area contributed by atoms with Gasteiger partial charge in [0, 0.05) is 5.41 Å². The van der Waals surface area contributed by atoms with Crippen LogP contribution in [0.15, 0.2) is 35.5 Å². The van der Waals surface area contributed by atoms with E-state index in [4.69, 9.17) is 0 Å². The van der Waals surface area contributed by atoms with Crippen molar-refractivity contribution in [1.29, 1.82) is 0 Å². The van der Waals surface area contributed by atoms with Crippen LogP contribution in [-0.4, -0.2) is 27.7 Å². The number of hydrogen-bond acceptors (Lipinski definition) is 3. The van der Waals surface area contributed by atoms with Gasteiger partial charge in [0.05, 0.1) is 6.10 Å². The summed E-state index contributed by atoms with van der Waals surface area (Å²) in [7, 11) is 0. The predicted octanol–water partition coefficient (Wildman–Crippen LogP) is 2.30. The van der Waals surface area contributed by atoms with Gasteiger partial charge in [-0.25, -0.2) is 0 Å². The van der Waals surface area contributed by atoms with Crippen LogP contribution in [0.5, 0.6) is 0 Å². The van der Waals surface area contributed by atoms with Crippen molar-refractivity contribution >= 4 is 5.78 Å². The van der Waals surface area contributed by atoms with E-state index in [0.29, 0.717) is 11.8 Å². The highest BCUT2D eigenvalue weighted by Crippen LogP contribution is 2.59. The van der Waals surface area contributed by atoms with Crippen molar-refractivity contribution in [3.63, 3.8) is 0 Å². The molecule has 0 aromatic rings. The quantitative estimate of drug-likeness (QED) is 0.672. The van der Waals surface area contributed by atoms with Crippen LogP contribution in [0, 0.1) is 17.3 Å². The number of rotatable bonds is 0. The van der Waals surface area contributed by atoms with Gasteiger partial charge in [-0.1, -0.05) is 13.0 Å². The third kappa shape index (κ3) is 1.65. The van der Waals surface area contributed by atoms with E-state index in [1.54, 1.807) is 12.2 Å². The summed E-state index contributed by atoms with van der Waals surface area (Å²) in [6.45, 7) is 2.19. The van der Waals surface area contributed by atoms with E-state index in [-0.39, 0.29) is 17.3 Å². The molecule has 0 radical (unpaired) electrons. The summed E-state index contributed by atoms with van der Waals surface area (Å²) < 4.78 is 0. The molecule has 0 amide bonds. The largest absolute Gasteiger partial charge is 0.393 e. The lowest BCUT2D eigenvalue weighted by atomic mass is 9.56. The first-order valence-corrected chi connectivity index (χ1v) is 8.00. The molecule has 5 atom stereocenters. The van der Waals surface area contributed by atoms with Crippen molar-refractivity contribution in [3.05, 3.63) is 35.5 Å². The molecule has 0 spiro atoms. The van der Waals surface area contributed by atoms with E-state index in [0.717, 1.165) is 43.3 Å². The van der Waals surface area contributed by atoms with Gasteiger partial charge in [0.2, 0.25) is 0 Å². The molecule has 0 aromatic heterocycles. The summed E-state index contributed by atoms with van der Waals surface area (Å²) in [5.41, 5.74) is 0.825. The molecule has 0 bridgehead atoms. The van der Waals surface area contributed by atoms with Gasteiger partial charge in [0.15, 0.2) is 5.78 Å². The topological polar surface area (TPSA) is 57.5 Å². The Morgan fingerprint density at radius 3 is 2.90 bits per heavy atom. The van der Waals surface area contributed by atoms with E-state index < -0.39 is 5.60 Å². The van der Waals surface area contributed by atoms with Crippen LogP contribution in [0.25, 0.3) is 0 Å². The molecule has 0 aliphatic heterocycles. The standard InChI is InChI=1S/C18H22O3/c1-17-8-7-15-13(14(17)4-5-16(17)20)3-2-11-10-12(19)6-9-18(11,15)21/h6-7,9-10,13-14,16,20-21H,2-5,8H2,1H3/t13?,14?,16?,17-,18-/m0/s1. The Balaban J connectivity index is 1.78. The maximum absolute atomic E-state index is 11.6. The first-order chi connectivity index (χ1) is 9.95. The number of ketones is 1. The molecule has 0 saturated heterocycles. The second kappa shape index (κ2) is 4.17. The number of carbonyl (C=O) groups is 1. The third-order valence-corrected chi connectivity index (χ3v) is 6.47. The summed E-state index contributed by atoms with van der Waals surface area (Å²) in [6.07, 6.45) is 11.2. The molecule has 112 valence electrons. The minimum Gasteiger partial charge on any atom is -0.393 e. The van der Waals surface area contributed by atoms with E-state index >= 15 is 0 Å². The number of hydrogen-bond donors (Lipinski definition) is 2. The molecule has 3 unspecified atom stereocenters. The molecule has 0 heterocycles. The second-order valence-corrected chi connectivity index (χ2v) is 7.39. The molecule has 2 saturated carbocycles. The van der Waals surface area contributed by atoms with Gasteiger partial charge >= 0.3 is 0 Å². The number of aliphatic hydroxyl groups excluding tert-OH is 1. The van der Waals surface area contributed by atoms with Crippen molar-refractivity contribution in [3.8, 4) is 0 Å². The Labute approximate surface area is 125 Å². The summed E-state index contributed by atoms with van der Waals surface area (Å²) in [5, 5.41) is 21.5. The lowest BCUT2D eigenvalue weighted by molar-refractivity contribution is -0.110. The summed E-state index contributed by atoms with van der Waals surface area (Å²) >= 11 is 0. The lowest BCUT2D eigenvalue weighted by Crippen LogP contribution is -2.48. The number of allylic oxidation sites excluding steroid dienone is 3. The second-order valence-electron chi connectivity index (χ2n) is 7.39. The molecule has 2 N–H and O–H groups in total. The highest BCUT2D eigenvalue weighted by Gasteiger charge is 2.55. The molecule has 21 heavy (non-hydrogen) atoms. The molecule has 4 aliphatic carbocycles. The predicted molar refractivity (Wildman–Crippen MR) is 79.4 cm³/mol. The van der Waals surface area contributed by atoms with Crippen LogP contribution in [0.4, 0.5) is 0 Å². The minimum atomic E-state index is -1.05. The SMILES string of the molecule is C[C@]12CC=C3C(CCC4=CC(=O)C=C[C@]43O)C1CCC2O. The number of carbonyl (C=O) groups excluding carboxylic acids is 1. The summed E-state index contributed by atoms with van der Waals surface area (Å²) in [6, 6.07) is 0. The fraction of sp³-hybridized carbons (Fsp3) is 0.611. The number of aliphatic hydroxyl groups is 2. The minimum absolute atomic E-state index is 0.0225. The van der Waals surface area contributed by atoms with Gasteiger partial charge in [-0.05, 0) is 73.3 Å². The van der Waals surface area contributed by atoms with Crippen molar-refractivity contribution in [2.45, 2.75) is 50.7 Å². The number of fused-ring (bicyclic) bond motifs is 5. The van der Waals surface area contributed by atoms with Gasteiger partial charge in [-0.3, -0.25) is 4.79 Å². The maximum atomic E-state index is 11.6. The molecule has 3 heteroatoms. The Kier molecular flexibility index (Phi) is 2.68. The average molecular weight is 286 g/mol. The first-order valence-electron chi connectivity index (χ1n) is 8.00. The molecule has 2 fully saturated rings. The Bertz CT molecular complexity index is 600. The van der Waals surface area contributed by atoms with Crippen LogP contribution in [0.2, 0.25) is 0 Å². The fourth-order valence-electron chi connectivity index (χ4n) is 5.18. The zero-order valence-electron chi connectivity index (χ0n) is 12.4. The van der Waals surface area contributed by atoms with Crippen LogP contribution >= 0.6 is 0 Å².